The van der Waals surface area contributed by atoms with Gasteiger partial charge in [-0.3, -0.25) is 0 Å². The number of benzene rings is 2. The van der Waals surface area contributed by atoms with E-state index >= 15 is 0 Å². The summed E-state index contributed by atoms with van der Waals surface area (Å²) >= 11 is 6.54. The fourth-order valence-electron chi connectivity index (χ4n) is 4.28. The third kappa shape index (κ3) is 8.32. The van der Waals surface area contributed by atoms with Gasteiger partial charge in [0.25, 0.3) is 0 Å². The van der Waals surface area contributed by atoms with Gasteiger partial charge in [-0.15, -0.1) is 0 Å². The van der Waals surface area contributed by atoms with E-state index in [1.165, 1.54) is 12.0 Å². The van der Waals surface area contributed by atoms with Gasteiger partial charge in [0.1, 0.15) is 5.75 Å². The van der Waals surface area contributed by atoms with Crippen LogP contribution in [0, 0.1) is 0 Å². The number of esters is 2. The molecule has 0 fully saturated rings. The first-order valence-electron chi connectivity index (χ1n) is 13.1. The monoisotopic (exact) mass is 585 g/mol. The topological polar surface area (TPSA) is 115 Å². The number of hydrogen-bond acceptors (Lipinski definition) is 9. The number of allylic oxidation sites excluding steroid dienone is 1. The molecule has 11 heteroatoms. The highest BCUT2D eigenvalue weighted by molar-refractivity contribution is 6.31. The van der Waals surface area contributed by atoms with E-state index in [9.17, 15) is 14.4 Å². The van der Waals surface area contributed by atoms with Crippen LogP contribution < -0.4 is 15.4 Å². The fourth-order valence-corrected chi connectivity index (χ4v) is 4.52. The molecule has 1 heterocycles. The lowest BCUT2D eigenvalue weighted by Crippen LogP contribution is -2.35. The summed E-state index contributed by atoms with van der Waals surface area (Å²) in [6.07, 6.45) is -0.438. The quantitative estimate of drug-likeness (QED) is 0.280. The molecule has 2 N–H and O–H groups in total. The van der Waals surface area contributed by atoms with Crippen LogP contribution in [0.15, 0.2) is 71.1 Å². The van der Waals surface area contributed by atoms with E-state index in [4.69, 9.17) is 30.5 Å². The molecular weight excluding hydrogens is 550 g/mol. The highest BCUT2D eigenvalue weighted by Gasteiger charge is 2.39. The molecule has 0 bridgehead atoms. The first-order chi connectivity index (χ1) is 19.7. The minimum Gasteiger partial charge on any atom is -0.466 e. The second-order valence-corrected chi connectivity index (χ2v) is 9.77. The first-order valence-corrected chi connectivity index (χ1v) is 13.5. The average molecular weight is 586 g/mol. The third-order valence-corrected chi connectivity index (χ3v) is 6.60. The lowest BCUT2D eigenvalue weighted by atomic mass is 9.80. The van der Waals surface area contributed by atoms with Crippen LogP contribution in [0.4, 0.5) is 4.79 Å². The highest BCUT2D eigenvalue weighted by Crippen LogP contribution is 2.41. The summed E-state index contributed by atoms with van der Waals surface area (Å²) in [5.74, 6) is -1.48. The number of rotatable bonds is 12. The Balaban J connectivity index is 1.69. The number of ether oxygens (including phenoxy) is 4. The zero-order valence-corrected chi connectivity index (χ0v) is 24.7. The van der Waals surface area contributed by atoms with Crippen LogP contribution in [0.3, 0.4) is 0 Å². The van der Waals surface area contributed by atoms with Crippen molar-refractivity contribution in [1.29, 1.82) is 0 Å². The third-order valence-electron chi connectivity index (χ3n) is 6.25. The summed E-state index contributed by atoms with van der Waals surface area (Å²) in [5, 5.41) is 6.86. The van der Waals surface area contributed by atoms with Gasteiger partial charge >= 0.3 is 18.0 Å². The average Bonchev–Trinajstić information content (AvgIpc) is 2.95. The lowest BCUT2D eigenvalue weighted by molar-refractivity contribution is -0.139. The Morgan fingerprint density at radius 2 is 1.73 bits per heavy atom. The van der Waals surface area contributed by atoms with Gasteiger partial charge in [-0.25, -0.2) is 14.4 Å². The van der Waals surface area contributed by atoms with Gasteiger partial charge in [-0.2, -0.15) is 0 Å². The molecule has 2 aromatic rings. The molecule has 1 atom stereocenters. The van der Waals surface area contributed by atoms with Crippen LogP contribution in [0.2, 0.25) is 5.02 Å². The molecule has 220 valence electrons. The molecule has 0 aromatic heterocycles. The maximum absolute atomic E-state index is 13.2. The van der Waals surface area contributed by atoms with Gasteiger partial charge in [-0.05, 0) is 43.2 Å². The van der Waals surface area contributed by atoms with E-state index in [1.54, 1.807) is 64.3 Å². The molecule has 0 aliphatic carbocycles. The van der Waals surface area contributed by atoms with Crippen LogP contribution in [0.5, 0.6) is 5.75 Å². The van der Waals surface area contributed by atoms with Gasteiger partial charge in [0.2, 0.25) is 0 Å². The van der Waals surface area contributed by atoms with Crippen molar-refractivity contribution in [2.45, 2.75) is 26.3 Å². The fraction of sp³-hybridized carbons (Fsp3) is 0.367. The summed E-state index contributed by atoms with van der Waals surface area (Å²) in [6, 6.07) is 14.3. The number of hydrogen-bond donors (Lipinski definition) is 2. The largest absolute Gasteiger partial charge is 0.466 e. The second-order valence-electron chi connectivity index (χ2n) is 9.36. The number of carbonyl (C=O) groups is 3. The zero-order valence-electron chi connectivity index (χ0n) is 23.9. The molecule has 0 saturated carbocycles. The Bertz CT molecular complexity index is 1310. The minimum atomic E-state index is -0.798. The maximum atomic E-state index is 13.2. The molecule has 1 amide bonds. The first kappa shape index (κ1) is 31.7. The summed E-state index contributed by atoms with van der Waals surface area (Å²) in [4.78, 5) is 39.1. The van der Waals surface area contributed by atoms with Gasteiger partial charge < -0.3 is 34.5 Å². The predicted molar refractivity (Wildman–Crippen MR) is 154 cm³/mol. The molecule has 1 unspecified atom stereocenters. The molecule has 10 nitrogen and oxygen atoms in total. The summed E-state index contributed by atoms with van der Waals surface area (Å²) < 4.78 is 21.6. The Labute approximate surface area is 245 Å². The number of amides is 1. The van der Waals surface area contributed by atoms with E-state index in [1.807, 2.05) is 12.1 Å². The van der Waals surface area contributed by atoms with Crippen molar-refractivity contribution in [2.75, 3.05) is 47.6 Å². The second kappa shape index (κ2) is 15.2. The van der Waals surface area contributed by atoms with E-state index in [0.717, 1.165) is 5.56 Å². The number of methoxy groups -OCH3 is 1. The van der Waals surface area contributed by atoms with Crippen molar-refractivity contribution in [3.8, 4) is 5.75 Å². The molecule has 1 aliphatic rings. The van der Waals surface area contributed by atoms with Crippen LogP contribution in [-0.4, -0.2) is 70.5 Å². The molecule has 0 spiro atoms. The molecule has 1 aliphatic heterocycles. The Morgan fingerprint density at radius 1 is 1.02 bits per heavy atom. The van der Waals surface area contributed by atoms with Gasteiger partial charge in [-0.1, -0.05) is 41.9 Å². The number of carbonyl (C=O) groups excluding carboxylic acids is 3. The number of halogens is 1. The number of nitrogens with one attached hydrogen (secondary N) is 2. The van der Waals surface area contributed by atoms with E-state index in [0.29, 0.717) is 47.4 Å². The van der Waals surface area contributed by atoms with Crippen LogP contribution in [-0.2, 0) is 30.3 Å². The normalized spacial score (nSPS) is 14.8. The number of dihydropyridines is 1. The smallest absolute Gasteiger partial charge is 0.414 e. The van der Waals surface area contributed by atoms with Gasteiger partial charge in [0.05, 0.1) is 49.7 Å². The van der Waals surface area contributed by atoms with E-state index in [-0.39, 0.29) is 24.4 Å². The van der Waals surface area contributed by atoms with Crippen molar-refractivity contribution in [2.24, 2.45) is 0 Å². The highest BCUT2D eigenvalue weighted by atomic mass is 35.5. The molecule has 2 aromatic carbocycles. The van der Waals surface area contributed by atoms with Gasteiger partial charge in [0.15, 0.2) is 0 Å². The summed E-state index contributed by atoms with van der Waals surface area (Å²) in [6.45, 7) is 5.16. The minimum absolute atomic E-state index is 0.0779. The van der Waals surface area contributed by atoms with E-state index < -0.39 is 23.9 Å². The molecule has 0 saturated heterocycles. The number of nitrogens with zero attached hydrogens (tertiary/aromatic N) is 1. The Morgan fingerprint density at radius 3 is 2.37 bits per heavy atom. The SMILES string of the molecule is CCOC(=O)C1=C(COCCNCc2ccc(OC(=O)N(C)C)cc2)NC(C)=C(C(=O)OC)C1c1ccccc1Cl. The van der Waals surface area contributed by atoms with Crippen molar-refractivity contribution < 1.29 is 33.3 Å². The van der Waals surface area contributed by atoms with Crippen LogP contribution in [0.1, 0.15) is 30.9 Å². The Kier molecular flexibility index (Phi) is 11.8. The Hall–Kier alpha value is -3.86. The molecule has 0 radical (unpaired) electrons. The zero-order chi connectivity index (χ0) is 29.9. The predicted octanol–water partition coefficient (Wildman–Crippen LogP) is 4.16. The maximum Gasteiger partial charge on any atom is 0.414 e. The van der Waals surface area contributed by atoms with Crippen molar-refractivity contribution in [3.63, 3.8) is 0 Å². The van der Waals surface area contributed by atoms with Gasteiger partial charge in [0, 0.05) is 37.9 Å². The van der Waals surface area contributed by atoms with Crippen molar-refractivity contribution >= 4 is 29.6 Å². The van der Waals surface area contributed by atoms with Crippen LogP contribution >= 0.6 is 11.6 Å². The summed E-state index contributed by atoms with van der Waals surface area (Å²) in [7, 11) is 4.53. The van der Waals surface area contributed by atoms with Crippen LogP contribution in [0.25, 0.3) is 0 Å². The molecular formula is C30H36ClN3O7. The van der Waals surface area contributed by atoms with E-state index in [2.05, 4.69) is 10.6 Å². The summed E-state index contributed by atoms with van der Waals surface area (Å²) in [5.41, 5.74) is 3.13. The van der Waals surface area contributed by atoms with Crippen molar-refractivity contribution in [3.05, 3.63) is 87.2 Å². The molecule has 41 heavy (non-hydrogen) atoms. The molecule has 3 rings (SSSR count). The standard InChI is InChI=1S/C30H36ClN3O7/c1-6-40-29(36)27-24(33-19(2)25(28(35)38-5)26(27)22-9-7-8-10-23(22)31)18-39-16-15-32-17-20-11-13-21(14-12-20)41-30(37)34(3)4/h7-14,26,32-33H,6,15-18H2,1-5H3. The lowest BCUT2D eigenvalue weighted by Gasteiger charge is -2.31. The van der Waals surface area contributed by atoms with Crippen molar-refractivity contribution in [1.82, 2.24) is 15.5 Å².